The summed E-state index contributed by atoms with van der Waals surface area (Å²) in [6.07, 6.45) is 0.214. The van der Waals surface area contributed by atoms with E-state index in [9.17, 15) is 9.18 Å². The van der Waals surface area contributed by atoms with Crippen molar-refractivity contribution in [1.82, 2.24) is 20.1 Å². The van der Waals surface area contributed by atoms with Gasteiger partial charge in [0.2, 0.25) is 5.91 Å². The second kappa shape index (κ2) is 8.26. The van der Waals surface area contributed by atoms with Crippen LogP contribution in [0.3, 0.4) is 0 Å². The maximum Gasteiger partial charge on any atom is 0.222 e. The van der Waals surface area contributed by atoms with Crippen LogP contribution < -0.4 is 5.32 Å². The minimum atomic E-state index is -0.410. The van der Waals surface area contributed by atoms with E-state index in [2.05, 4.69) is 15.5 Å². The summed E-state index contributed by atoms with van der Waals surface area (Å²) in [6, 6.07) is 14.0. The molecule has 27 heavy (non-hydrogen) atoms. The van der Waals surface area contributed by atoms with Gasteiger partial charge in [-0.15, -0.1) is 0 Å². The van der Waals surface area contributed by atoms with Crippen LogP contribution in [0.15, 0.2) is 48.5 Å². The van der Waals surface area contributed by atoms with Gasteiger partial charge in [0.25, 0.3) is 0 Å². The normalized spacial score (nSPS) is 12.0. The molecule has 1 amide bonds. The molecule has 0 fully saturated rings. The maximum absolute atomic E-state index is 13.8. The fourth-order valence-corrected chi connectivity index (χ4v) is 3.10. The zero-order chi connectivity index (χ0) is 19.4. The fourth-order valence-electron chi connectivity index (χ4n) is 2.88. The molecular weight excluding hydrogens is 363 g/mol. The highest BCUT2D eigenvalue weighted by Gasteiger charge is 2.15. The lowest BCUT2D eigenvalue weighted by Crippen LogP contribution is -2.28. The third-order valence-corrected chi connectivity index (χ3v) is 4.69. The zero-order valence-corrected chi connectivity index (χ0v) is 16.0. The number of nitrogens with one attached hydrogen (secondary N) is 2. The Bertz CT molecular complexity index is 994. The molecule has 1 unspecified atom stereocenters. The Balaban J connectivity index is 1.67. The molecule has 1 heterocycles. The summed E-state index contributed by atoms with van der Waals surface area (Å²) in [5, 5.41) is 9.89. The number of hydrogen-bond acceptors (Lipinski definition) is 3. The summed E-state index contributed by atoms with van der Waals surface area (Å²) in [4.78, 5) is 12.3. The molecule has 0 saturated carbocycles. The van der Waals surface area contributed by atoms with Gasteiger partial charge in [0.1, 0.15) is 5.82 Å². The van der Waals surface area contributed by atoms with E-state index in [1.165, 1.54) is 6.07 Å². The average molecular weight is 384 g/mol. The molecule has 1 aromatic heterocycles. The van der Waals surface area contributed by atoms with E-state index in [0.717, 1.165) is 11.1 Å². The fraction of sp³-hybridized carbons (Fsp3) is 0.250. The highest BCUT2D eigenvalue weighted by molar-refractivity contribution is 7.71. The first-order valence-electron chi connectivity index (χ1n) is 8.71. The molecule has 5 nitrogen and oxygen atoms in total. The van der Waals surface area contributed by atoms with Crippen LogP contribution in [0.5, 0.6) is 0 Å². The first kappa shape index (κ1) is 19.0. The van der Waals surface area contributed by atoms with Crippen LogP contribution in [0, 0.1) is 17.5 Å². The van der Waals surface area contributed by atoms with Crippen molar-refractivity contribution in [1.29, 1.82) is 0 Å². The quantitative estimate of drug-likeness (QED) is 0.622. The van der Waals surface area contributed by atoms with E-state index >= 15 is 0 Å². The Labute approximate surface area is 162 Å². The predicted molar refractivity (Wildman–Crippen MR) is 105 cm³/mol. The number of carbonyl (C=O) groups excluding carboxylic acids is 1. The molecule has 0 aliphatic heterocycles. The minimum absolute atomic E-state index is 0.177. The Kier molecular flexibility index (Phi) is 5.81. The lowest BCUT2D eigenvalue weighted by molar-refractivity contribution is -0.121. The summed E-state index contributed by atoms with van der Waals surface area (Å²) >= 11 is 5.30. The number of amides is 1. The first-order chi connectivity index (χ1) is 13.0. The van der Waals surface area contributed by atoms with E-state index in [-0.39, 0.29) is 18.1 Å². The number of aromatic nitrogens is 3. The number of rotatable bonds is 6. The molecule has 7 heteroatoms. The van der Waals surface area contributed by atoms with Crippen LogP contribution in [0.4, 0.5) is 4.39 Å². The summed E-state index contributed by atoms with van der Waals surface area (Å²) in [7, 11) is 0. The van der Waals surface area contributed by atoms with E-state index < -0.39 is 6.04 Å². The lowest BCUT2D eigenvalue weighted by Gasteiger charge is -2.15. The highest BCUT2D eigenvalue weighted by atomic mass is 32.1. The number of nitrogens with zero attached hydrogens (tertiary/aromatic N) is 2. The van der Waals surface area contributed by atoms with Crippen LogP contribution in [-0.4, -0.2) is 20.7 Å². The maximum atomic E-state index is 13.8. The molecular formula is C20H21FN4OS. The van der Waals surface area contributed by atoms with Crippen LogP contribution in [0.2, 0.25) is 0 Å². The summed E-state index contributed by atoms with van der Waals surface area (Å²) in [5.74, 6) is 0.183. The van der Waals surface area contributed by atoms with Crippen molar-refractivity contribution in [3.63, 3.8) is 0 Å². The van der Waals surface area contributed by atoms with E-state index in [0.29, 0.717) is 22.7 Å². The molecule has 0 saturated heterocycles. The number of hydrogen-bond donors (Lipinski definition) is 2. The highest BCUT2D eigenvalue weighted by Crippen LogP contribution is 2.19. The SMILES string of the molecule is Cc1ccc(-c2n[nH]c(=S)n2CCC(=O)NC(C)c2ccccc2F)cc1. The molecule has 0 bridgehead atoms. The largest absolute Gasteiger partial charge is 0.349 e. The molecule has 3 rings (SSSR count). The van der Waals surface area contributed by atoms with Crippen LogP contribution in [-0.2, 0) is 11.3 Å². The molecule has 2 N–H and O–H groups in total. The number of aryl methyl sites for hydroxylation is 1. The van der Waals surface area contributed by atoms with Gasteiger partial charge in [-0.05, 0) is 32.1 Å². The molecule has 0 aliphatic rings. The van der Waals surface area contributed by atoms with Crippen molar-refractivity contribution >= 4 is 18.1 Å². The van der Waals surface area contributed by atoms with Crippen molar-refractivity contribution in [2.24, 2.45) is 0 Å². The summed E-state index contributed by atoms with van der Waals surface area (Å²) in [5.41, 5.74) is 2.54. The van der Waals surface area contributed by atoms with Gasteiger partial charge in [0.05, 0.1) is 6.04 Å². The molecule has 3 aromatic rings. The third-order valence-electron chi connectivity index (χ3n) is 4.38. The predicted octanol–water partition coefficient (Wildman–Crippen LogP) is 4.32. The Morgan fingerprint density at radius 1 is 1.26 bits per heavy atom. The monoisotopic (exact) mass is 384 g/mol. The smallest absolute Gasteiger partial charge is 0.222 e. The van der Waals surface area contributed by atoms with Crippen molar-refractivity contribution in [3.8, 4) is 11.4 Å². The van der Waals surface area contributed by atoms with Crippen LogP contribution in [0.25, 0.3) is 11.4 Å². The van der Waals surface area contributed by atoms with Crippen LogP contribution >= 0.6 is 12.2 Å². The van der Waals surface area contributed by atoms with Crippen LogP contribution in [0.1, 0.15) is 30.5 Å². The van der Waals surface area contributed by atoms with Gasteiger partial charge in [0, 0.05) is 24.1 Å². The number of H-pyrrole nitrogens is 1. The lowest BCUT2D eigenvalue weighted by atomic mass is 10.1. The van der Waals surface area contributed by atoms with Crippen molar-refractivity contribution in [2.75, 3.05) is 0 Å². The van der Waals surface area contributed by atoms with Gasteiger partial charge in [0.15, 0.2) is 10.6 Å². The van der Waals surface area contributed by atoms with E-state index in [1.807, 2.05) is 31.2 Å². The van der Waals surface area contributed by atoms with Crippen molar-refractivity contribution in [3.05, 3.63) is 70.2 Å². The second-order valence-corrected chi connectivity index (χ2v) is 6.82. The molecule has 2 aromatic carbocycles. The molecule has 0 spiro atoms. The van der Waals surface area contributed by atoms with Gasteiger partial charge in [-0.3, -0.25) is 14.5 Å². The topological polar surface area (TPSA) is 62.7 Å². The zero-order valence-electron chi connectivity index (χ0n) is 15.2. The molecule has 140 valence electrons. The Morgan fingerprint density at radius 2 is 1.96 bits per heavy atom. The number of aromatic amines is 1. The van der Waals surface area contributed by atoms with Gasteiger partial charge < -0.3 is 5.32 Å². The average Bonchev–Trinajstić information content (AvgIpc) is 3.01. The van der Waals surface area contributed by atoms with Gasteiger partial charge in [-0.2, -0.15) is 5.10 Å². The van der Waals surface area contributed by atoms with Gasteiger partial charge >= 0.3 is 0 Å². The molecule has 0 radical (unpaired) electrons. The Morgan fingerprint density at radius 3 is 2.67 bits per heavy atom. The third kappa shape index (κ3) is 4.49. The standard InChI is InChI=1S/C20H21FN4OS/c1-13-7-9-15(10-8-13)19-23-24-20(27)25(19)12-11-18(26)22-14(2)16-5-3-4-6-17(16)21/h3-10,14H,11-12H2,1-2H3,(H,22,26)(H,24,27). The Hall–Kier alpha value is -2.80. The van der Waals surface area contributed by atoms with E-state index in [4.69, 9.17) is 12.2 Å². The number of halogens is 1. The van der Waals surface area contributed by atoms with Gasteiger partial charge in [-0.25, -0.2) is 4.39 Å². The van der Waals surface area contributed by atoms with E-state index in [1.54, 1.807) is 29.7 Å². The van der Waals surface area contributed by atoms with Crippen molar-refractivity contribution < 1.29 is 9.18 Å². The van der Waals surface area contributed by atoms with Crippen molar-refractivity contribution in [2.45, 2.75) is 32.9 Å². The summed E-state index contributed by atoms with van der Waals surface area (Å²) in [6.45, 7) is 4.16. The molecule has 1 atom stereocenters. The second-order valence-electron chi connectivity index (χ2n) is 6.43. The van der Waals surface area contributed by atoms with Gasteiger partial charge in [-0.1, -0.05) is 48.0 Å². The summed E-state index contributed by atoms with van der Waals surface area (Å²) < 4.78 is 16.1. The minimum Gasteiger partial charge on any atom is -0.349 e. The number of benzene rings is 2. The molecule has 0 aliphatic carbocycles. The number of carbonyl (C=O) groups is 1. The first-order valence-corrected chi connectivity index (χ1v) is 9.12.